The van der Waals surface area contributed by atoms with E-state index in [2.05, 4.69) is 10.2 Å². The number of ether oxygens (including phenoxy) is 1. The number of benzene rings is 2. The van der Waals surface area contributed by atoms with Crippen LogP contribution in [0.3, 0.4) is 0 Å². The highest BCUT2D eigenvalue weighted by Crippen LogP contribution is 2.34. The molecule has 2 amide bonds. The van der Waals surface area contributed by atoms with Crippen molar-refractivity contribution in [2.24, 2.45) is 5.92 Å². The highest BCUT2D eigenvalue weighted by Gasteiger charge is 2.23. The van der Waals surface area contributed by atoms with Crippen LogP contribution in [0.2, 0.25) is 15.1 Å². The van der Waals surface area contributed by atoms with E-state index in [9.17, 15) is 9.59 Å². The van der Waals surface area contributed by atoms with E-state index < -0.39 is 5.91 Å². The molecule has 1 aliphatic rings. The summed E-state index contributed by atoms with van der Waals surface area (Å²) in [5, 5.41) is 3.91. The zero-order valence-corrected chi connectivity index (χ0v) is 20.5. The summed E-state index contributed by atoms with van der Waals surface area (Å²) in [6.45, 7) is 6.82. The van der Waals surface area contributed by atoms with Crippen LogP contribution in [-0.4, -0.2) is 50.0 Å². The molecule has 3 rings (SSSR count). The van der Waals surface area contributed by atoms with Crippen molar-refractivity contribution in [1.82, 2.24) is 4.90 Å². The van der Waals surface area contributed by atoms with E-state index in [4.69, 9.17) is 39.5 Å². The van der Waals surface area contributed by atoms with Crippen molar-refractivity contribution in [3.05, 3.63) is 51.0 Å². The lowest BCUT2D eigenvalue weighted by molar-refractivity contribution is -0.132. The summed E-state index contributed by atoms with van der Waals surface area (Å²) < 4.78 is 5.25. The average molecular weight is 499 g/mol. The van der Waals surface area contributed by atoms with Gasteiger partial charge in [0.05, 0.1) is 28.4 Å². The predicted octanol–water partition coefficient (Wildman–Crippen LogP) is 5.60. The summed E-state index contributed by atoms with van der Waals surface area (Å²) in [5.74, 6) is 0.384. The fourth-order valence-corrected chi connectivity index (χ4v) is 4.52. The lowest BCUT2D eigenvalue weighted by atomic mass is 10.1. The van der Waals surface area contributed by atoms with Crippen LogP contribution >= 0.6 is 34.8 Å². The van der Waals surface area contributed by atoms with Crippen LogP contribution in [0.1, 0.15) is 30.6 Å². The van der Waals surface area contributed by atoms with E-state index in [0.717, 1.165) is 5.69 Å². The molecule has 6 nitrogen and oxygen atoms in total. The molecule has 0 atom stereocenters. The first-order valence-electron chi connectivity index (χ1n) is 10.4. The van der Waals surface area contributed by atoms with E-state index >= 15 is 0 Å². The van der Waals surface area contributed by atoms with Crippen molar-refractivity contribution < 1.29 is 14.3 Å². The first kappa shape index (κ1) is 24.5. The third kappa shape index (κ3) is 5.80. The van der Waals surface area contributed by atoms with Gasteiger partial charge in [-0.2, -0.15) is 0 Å². The van der Waals surface area contributed by atoms with E-state index in [0.29, 0.717) is 54.3 Å². The third-order valence-corrected chi connectivity index (χ3v) is 6.02. The smallest absolute Gasteiger partial charge is 0.259 e. The second kappa shape index (κ2) is 10.6. The van der Waals surface area contributed by atoms with Crippen LogP contribution < -0.4 is 15.0 Å². The van der Waals surface area contributed by atoms with Gasteiger partial charge in [-0.1, -0.05) is 48.7 Å². The Kier molecular flexibility index (Phi) is 8.15. The first-order chi connectivity index (χ1) is 15.2. The average Bonchev–Trinajstić information content (AvgIpc) is 2.73. The Morgan fingerprint density at radius 3 is 2.31 bits per heavy atom. The monoisotopic (exact) mass is 497 g/mol. The van der Waals surface area contributed by atoms with E-state index in [1.165, 1.54) is 19.2 Å². The van der Waals surface area contributed by atoms with E-state index in [1.807, 2.05) is 24.8 Å². The minimum absolute atomic E-state index is 0.195. The van der Waals surface area contributed by atoms with Crippen LogP contribution in [0.15, 0.2) is 30.3 Å². The van der Waals surface area contributed by atoms with Crippen LogP contribution in [-0.2, 0) is 4.79 Å². The van der Waals surface area contributed by atoms with Gasteiger partial charge < -0.3 is 19.9 Å². The van der Waals surface area contributed by atoms with E-state index in [1.54, 1.807) is 12.1 Å². The molecule has 0 radical (unpaired) electrons. The normalized spacial score (nSPS) is 14.0. The highest BCUT2D eigenvalue weighted by atomic mass is 35.5. The quantitative estimate of drug-likeness (QED) is 0.563. The number of rotatable bonds is 6. The molecule has 0 bridgehead atoms. The molecular formula is C23H26Cl3N3O3. The van der Waals surface area contributed by atoms with Crippen molar-refractivity contribution in [2.75, 3.05) is 43.5 Å². The van der Waals surface area contributed by atoms with Gasteiger partial charge in [0.2, 0.25) is 5.91 Å². The van der Waals surface area contributed by atoms with Crippen molar-refractivity contribution >= 4 is 58.0 Å². The lowest BCUT2D eigenvalue weighted by Gasteiger charge is -2.36. The zero-order chi connectivity index (χ0) is 23.4. The fourth-order valence-electron chi connectivity index (χ4n) is 3.65. The molecule has 0 saturated carbocycles. The summed E-state index contributed by atoms with van der Waals surface area (Å²) in [6, 6.07) is 8.36. The molecule has 2 aromatic rings. The number of nitrogens with one attached hydrogen (secondary N) is 1. The molecular weight excluding hydrogens is 473 g/mol. The molecule has 1 fully saturated rings. The summed E-state index contributed by atoms with van der Waals surface area (Å²) in [5.41, 5.74) is 1.63. The molecule has 2 aromatic carbocycles. The van der Waals surface area contributed by atoms with Gasteiger partial charge in [0.15, 0.2) is 0 Å². The largest absolute Gasteiger partial charge is 0.494 e. The van der Waals surface area contributed by atoms with Crippen molar-refractivity contribution in [3.63, 3.8) is 0 Å². The number of carbonyl (C=O) groups excluding carboxylic acids is 2. The molecule has 9 heteroatoms. The summed E-state index contributed by atoms with van der Waals surface area (Å²) in [7, 11) is 1.44. The maximum Gasteiger partial charge on any atom is 0.259 e. The number of anilines is 2. The van der Waals surface area contributed by atoms with Gasteiger partial charge in [-0.05, 0) is 36.2 Å². The predicted molar refractivity (Wildman–Crippen MR) is 131 cm³/mol. The molecule has 0 unspecified atom stereocenters. The SMILES string of the molecule is COc1c(Cl)cc(Cl)cc1C(=O)Nc1ccc(N2CCN(C(=O)CC(C)C)CC2)c(Cl)c1. The second-order valence-electron chi connectivity index (χ2n) is 8.05. The standard InChI is InChI=1S/C23H26Cl3N3O3/c1-14(2)10-21(30)29-8-6-28(7-9-29)20-5-4-16(13-18(20)25)27-23(31)17-11-15(24)12-19(26)22(17)32-3/h4-5,11-14H,6-10H2,1-3H3,(H,27,31). The summed E-state index contributed by atoms with van der Waals surface area (Å²) >= 11 is 18.7. The van der Waals surface area contributed by atoms with Crippen LogP contribution in [0, 0.1) is 5.92 Å². The number of piperazine rings is 1. The number of hydrogen-bond donors (Lipinski definition) is 1. The third-order valence-electron chi connectivity index (χ3n) is 5.22. The zero-order valence-electron chi connectivity index (χ0n) is 18.3. The Hall–Kier alpha value is -2.15. The van der Waals surface area contributed by atoms with Gasteiger partial charge >= 0.3 is 0 Å². The maximum atomic E-state index is 12.8. The van der Waals surface area contributed by atoms with Gasteiger partial charge in [-0.15, -0.1) is 0 Å². The molecule has 1 saturated heterocycles. The number of amides is 2. The Labute approximate surface area is 203 Å². The second-order valence-corrected chi connectivity index (χ2v) is 9.31. The molecule has 1 heterocycles. The molecule has 0 aliphatic carbocycles. The van der Waals surface area contributed by atoms with Gasteiger partial charge in [-0.3, -0.25) is 9.59 Å². The first-order valence-corrected chi connectivity index (χ1v) is 11.5. The molecule has 0 aromatic heterocycles. The number of hydrogen-bond acceptors (Lipinski definition) is 4. The van der Waals surface area contributed by atoms with Gasteiger partial charge in [0.25, 0.3) is 5.91 Å². The number of methoxy groups -OCH3 is 1. The molecule has 32 heavy (non-hydrogen) atoms. The molecule has 1 aliphatic heterocycles. The Morgan fingerprint density at radius 2 is 1.72 bits per heavy atom. The van der Waals surface area contributed by atoms with E-state index in [-0.39, 0.29) is 22.2 Å². The molecule has 0 spiro atoms. The van der Waals surface area contributed by atoms with Crippen LogP contribution in [0.5, 0.6) is 5.75 Å². The number of carbonyl (C=O) groups is 2. The molecule has 172 valence electrons. The summed E-state index contributed by atoms with van der Waals surface area (Å²) in [4.78, 5) is 29.1. The maximum absolute atomic E-state index is 12.8. The van der Waals surface area contributed by atoms with Gasteiger partial charge in [0, 0.05) is 43.3 Å². The fraction of sp³-hybridized carbons (Fsp3) is 0.391. The highest BCUT2D eigenvalue weighted by molar-refractivity contribution is 6.36. The van der Waals surface area contributed by atoms with Crippen molar-refractivity contribution in [1.29, 1.82) is 0 Å². The number of halogens is 3. The Morgan fingerprint density at radius 1 is 1.03 bits per heavy atom. The lowest BCUT2D eigenvalue weighted by Crippen LogP contribution is -2.49. The van der Waals surface area contributed by atoms with Crippen molar-refractivity contribution in [2.45, 2.75) is 20.3 Å². The molecule has 1 N–H and O–H groups in total. The number of nitrogens with zero attached hydrogens (tertiary/aromatic N) is 2. The summed E-state index contributed by atoms with van der Waals surface area (Å²) in [6.07, 6.45) is 0.567. The minimum Gasteiger partial charge on any atom is -0.494 e. The van der Waals surface area contributed by atoms with Crippen LogP contribution in [0.25, 0.3) is 0 Å². The Balaban J connectivity index is 1.68. The van der Waals surface area contributed by atoms with Gasteiger partial charge in [0.1, 0.15) is 5.75 Å². The topological polar surface area (TPSA) is 61.9 Å². The van der Waals surface area contributed by atoms with Crippen molar-refractivity contribution in [3.8, 4) is 5.75 Å². The Bertz CT molecular complexity index is 1010. The van der Waals surface area contributed by atoms with Gasteiger partial charge in [-0.25, -0.2) is 0 Å². The van der Waals surface area contributed by atoms with Crippen LogP contribution in [0.4, 0.5) is 11.4 Å². The minimum atomic E-state index is -0.410.